The molecular weight excluding hydrogens is 431 g/mol. The van der Waals surface area contributed by atoms with Gasteiger partial charge in [-0.1, -0.05) is 84.0 Å². The van der Waals surface area contributed by atoms with Gasteiger partial charge in [0, 0.05) is 23.5 Å². The van der Waals surface area contributed by atoms with E-state index in [9.17, 15) is 24.9 Å². The Kier molecular flexibility index (Phi) is 16.7. The molecule has 1 radical (unpaired) electrons. The molecule has 7 nitrogen and oxygen atoms in total. The number of cyclic esters (lactones) is 1. The molecule has 0 aromatic heterocycles. The maximum Gasteiger partial charge on any atom is 0.377 e. The quantitative estimate of drug-likeness (QED) is 0.162. The Bertz CT molecular complexity index is 522. The molecule has 1 heterocycles. The van der Waals surface area contributed by atoms with Gasteiger partial charge in [-0.2, -0.15) is 0 Å². The van der Waals surface area contributed by atoms with E-state index in [2.05, 4.69) is 11.7 Å². The molecule has 30 heavy (non-hydrogen) atoms. The molecule has 0 spiro atoms. The first-order valence-electron chi connectivity index (χ1n) is 11.1. The van der Waals surface area contributed by atoms with Crippen molar-refractivity contribution in [2.45, 2.75) is 109 Å². The number of aliphatic hydroxyl groups excluding tert-OH is 3. The number of carbonyl (C=O) groups is 2. The van der Waals surface area contributed by atoms with Gasteiger partial charge in [0.1, 0.15) is 12.7 Å². The van der Waals surface area contributed by atoms with E-state index in [1.54, 1.807) is 0 Å². The van der Waals surface area contributed by atoms with Crippen LogP contribution in [-0.4, -0.2) is 46.1 Å². The van der Waals surface area contributed by atoms with Crippen LogP contribution in [0.5, 0.6) is 0 Å². The fraction of sp³-hybridized carbons (Fsp3) is 0.818. The monoisotopic (exact) mass is 469 g/mol. The third kappa shape index (κ3) is 11.8. The Morgan fingerprint density at radius 3 is 1.83 bits per heavy atom. The van der Waals surface area contributed by atoms with Crippen LogP contribution >= 0.6 is 0 Å². The fourth-order valence-corrected chi connectivity index (χ4v) is 3.35. The SMILES string of the molecule is CCCCCCCCCCCCCCCC(=O)OC[C@H](O)[C@H]1OC(=O)C(O)=C1O.[Mn]. The van der Waals surface area contributed by atoms with Crippen LogP contribution in [0.15, 0.2) is 11.5 Å². The number of carbonyl (C=O) groups excluding carboxylic acids is 2. The van der Waals surface area contributed by atoms with Crippen LogP contribution in [0.3, 0.4) is 0 Å². The minimum absolute atomic E-state index is 0. The van der Waals surface area contributed by atoms with Crippen LogP contribution < -0.4 is 0 Å². The van der Waals surface area contributed by atoms with Crippen molar-refractivity contribution in [2.75, 3.05) is 6.61 Å². The van der Waals surface area contributed by atoms with E-state index >= 15 is 0 Å². The molecular formula is C22H38MnO7. The van der Waals surface area contributed by atoms with Crippen LogP contribution in [0.1, 0.15) is 96.8 Å². The van der Waals surface area contributed by atoms with E-state index in [-0.39, 0.29) is 23.5 Å². The molecule has 1 aliphatic rings. The third-order valence-corrected chi connectivity index (χ3v) is 5.19. The smallest absolute Gasteiger partial charge is 0.377 e. The summed E-state index contributed by atoms with van der Waals surface area (Å²) in [5, 5.41) is 28.5. The van der Waals surface area contributed by atoms with Gasteiger partial charge in [0.05, 0.1) is 0 Å². The van der Waals surface area contributed by atoms with E-state index in [0.29, 0.717) is 0 Å². The number of hydrogen-bond acceptors (Lipinski definition) is 7. The zero-order chi connectivity index (χ0) is 21.5. The average Bonchev–Trinajstić information content (AvgIpc) is 2.97. The molecule has 1 rings (SSSR count). The Morgan fingerprint density at radius 2 is 1.40 bits per heavy atom. The standard InChI is InChI=1S/C22H38O7.Mn/c1-2-3-4-5-6-7-8-9-10-11-12-13-14-15-18(24)28-16-17(23)21-19(25)20(26)22(27)29-21;/h17,21,23,25-26H,2-16H2,1H3;/t17-,21+;/m0./s1. The molecule has 3 N–H and O–H groups in total. The molecule has 0 aromatic rings. The van der Waals surface area contributed by atoms with Crippen LogP contribution in [0.25, 0.3) is 0 Å². The van der Waals surface area contributed by atoms with Crippen molar-refractivity contribution in [2.24, 2.45) is 0 Å². The Morgan fingerprint density at radius 1 is 0.933 bits per heavy atom. The summed E-state index contributed by atoms with van der Waals surface area (Å²) < 4.78 is 9.55. The number of unbranched alkanes of at least 4 members (excludes halogenated alkanes) is 12. The minimum atomic E-state index is -1.42. The van der Waals surface area contributed by atoms with Crippen molar-refractivity contribution in [3.05, 3.63) is 11.5 Å². The molecule has 0 amide bonds. The van der Waals surface area contributed by atoms with Crippen molar-refractivity contribution in [1.29, 1.82) is 0 Å². The maximum absolute atomic E-state index is 11.7. The topological polar surface area (TPSA) is 113 Å². The van der Waals surface area contributed by atoms with Crippen molar-refractivity contribution in [3.63, 3.8) is 0 Å². The zero-order valence-electron chi connectivity index (χ0n) is 18.1. The second-order valence-electron chi connectivity index (χ2n) is 7.80. The number of ether oxygens (including phenoxy) is 2. The van der Waals surface area contributed by atoms with E-state index < -0.39 is 42.3 Å². The van der Waals surface area contributed by atoms with E-state index in [4.69, 9.17) is 4.74 Å². The Balaban J connectivity index is 0.00000841. The van der Waals surface area contributed by atoms with Crippen molar-refractivity contribution < 1.29 is 51.5 Å². The summed E-state index contributed by atoms with van der Waals surface area (Å²) in [5.74, 6) is -3.21. The second kappa shape index (κ2) is 17.4. The molecule has 0 saturated heterocycles. The van der Waals surface area contributed by atoms with Gasteiger partial charge in [-0.05, 0) is 6.42 Å². The molecule has 0 bridgehead atoms. The molecule has 0 aromatic carbocycles. The van der Waals surface area contributed by atoms with Gasteiger partial charge in [-0.3, -0.25) is 4.79 Å². The fourth-order valence-electron chi connectivity index (χ4n) is 3.35. The first-order valence-corrected chi connectivity index (χ1v) is 11.1. The van der Waals surface area contributed by atoms with Gasteiger partial charge in [0.15, 0.2) is 11.9 Å². The number of esters is 2. The molecule has 8 heteroatoms. The van der Waals surface area contributed by atoms with Gasteiger partial charge >= 0.3 is 11.9 Å². The van der Waals surface area contributed by atoms with Crippen LogP contribution in [0.2, 0.25) is 0 Å². The van der Waals surface area contributed by atoms with Gasteiger partial charge < -0.3 is 24.8 Å². The largest absolute Gasteiger partial charge is 0.505 e. The van der Waals surface area contributed by atoms with Gasteiger partial charge in [0.2, 0.25) is 5.76 Å². The number of hydrogen-bond donors (Lipinski definition) is 3. The molecule has 1 aliphatic heterocycles. The van der Waals surface area contributed by atoms with Crippen molar-refractivity contribution in [3.8, 4) is 0 Å². The summed E-state index contributed by atoms with van der Waals surface area (Å²) in [5.41, 5.74) is 0. The zero-order valence-corrected chi connectivity index (χ0v) is 19.3. The van der Waals surface area contributed by atoms with E-state index in [1.165, 1.54) is 64.2 Å². The normalized spacial score (nSPS) is 16.9. The van der Waals surface area contributed by atoms with Crippen molar-refractivity contribution in [1.82, 2.24) is 0 Å². The average molecular weight is 469 g/mol. The van der Waals surface area contributed by atoms with E-state index in [0.717, 1.165) is 19.3 Å². The predicted molar refractivity (Wildman–Crippen MR) is 109 cm³/mol. The Hall–Kier alpha value is -1.24. The summed E-state index contributed by atoms with van der Waals surface area (Å²) in [6.45, 7) is 1.83. The Labute approximate surface area is 190 Å². The molecule has 0 saturated carbocycles. The molecule has 0 fully saturated rings. The second-order valence-corrected chi connectivity index (χ2v) is 7.80. The van der Waals surface area contributed by atoms with E-state index in [1.807, 2.05) is 0 Å². The first-order chi connectivity index (χ1) is 14.0. The predicted octanol–water partition coefficient (Wildman–Crippen LogP) is 4.62. The van der Waals surface area contributed by atoms with Gasteiger partial charge in [-0.15, -0.1) is 0 Å². The van der Waals surface area contributed by atoms with Gasteiger partial charge in [-0.25, -0.2) is 4.79 Å². The van der Waals surface area contributed by atoms with Crippen LogP contribution in [0, 0.1) is 0 Å². The number of rotatable bonds is 17. The first kappa shape index (κ1) is 28.8. The molecule has 0 aliphatic carbocycles. The third-order valence-electron chi connectivity index (χ3n) is 5.19. The summed E-state index contributed by atoms with van der Waals surface area (Å²) in [6, 6.07) is 0. The summed E-state index contributed by atoms with van der Waals surface area (Å²) in [6.07, 6.45) is 13.4. The summed E-state index contributed by atoms with van der Waals surface area (Å²) in [7, 11) is 0. The molecule has 2 atom stereocenters. The van der Waals surface area contributed by atoms with Crippen LogP contribution in [-0.2, 0) is 36.1 Å². The minimum Gasteiger partial charge on any atom is -0.505 e. The van der Waals surface area contributed by atoms with Crippen molar-refractivity contribution >= 4 is 11.9 Å². The van der Waals surface area contributed by atoms with Gasteiger partial charge in [0.25, 0.3) is 0 Å². The summed E-state index contributed by atoms with van der Waals surface area (Å²) in [4.78, 5) is 22.8. The molecule has 175 valence electrons. The maximum atomic E-state index is 11.7. The summed E-state index contributed by atoms with van der Waals surface area (Å²) >= 11 is 0. The molecule has 0 unspecified atom stereocenters. The number of aliphatic hydroxyl groups is 3. The van der Waals surface area contributed by atoms with Crippen LogP contribution in [0.4, 0.5) is 0 Å².